The summed E-state index contributed by atoms with van der Waals surface area (Å²) < 4.78 is 1.70. The molecule has 1 aromatic heterocycles. The molecule has 12 heavy (non-hydrogen) atoms. The minimum absolute atomic E-state index is 0.438. The number of hydrogen-bond donors (Lipinski definition) is 3. The maximum Gasteiger partial charge on any atom is 0.122 e. The summed E-state index contributed by atoms with van der Waals surface area (Å²) in [5, 5.41) is 27.1. The topological polar surface area (TPSA) is 65.6 Å². The minimum Gasteiger partial charge on any atom is -0.394 e. The highest BCUT2D eigenvalue weighted by atomic mass is 16.4. The second-order valence-electron chi connectivity index (χ2n) is 2.74. The maximum atomic E-state index is 9.43. The zero-order valence-corrected chi connectivity index (χ0v) is 6.88. The number of aryl methyl sites for hydroxylation is 1. The average molecular weight is 171 g/mol. The predicted molar refractivity (Wildman–Crippen MR) is 43.5 cm³/mol. The number of hydrogen-bond acceptors (Lipinski definition) is 3. The highest BCUT2D eigenvalue weighted by molar-refractivity contribution is 5.10. The summed E-state index contributed by atoms with van der Waals surface area (Å²) in [5.74, 6) is 0. The molecule has 0 fully saturated rings. The van der Waals surface area contributed by atoms with Crippen LogP contribution in [-0.2, 0) is 7.05 Å². The molecule has 0 saturated carbocycles. The van der Waals surface area contributed by atoms with Crippen LogP contribution in [0.3, 0.4) is 0 Å². The standard InChI is InChI=1S/C8H13NO3/c1-9-4-2-3-6(9)8(12)7(11)5-10/h2-4,7-8,10-12H,5H2,1H3. The fourth-order valence-corrected chi connectivity index (χ4v) is 1.08. The first-order chi connectivity index (χ1) is 5.66. The quantitative estimate of drug-likeness (QED) is 0.569. The average Bonchev–Trinajstić information content (AvgIpc) is 2.48. The summed E-state index contributed by atoms with van der Waals surface area (Å²) in [4.78, 5) is 0. The van der Waals surface area contributed by atoms with Crippen LogP contribution in [0.2, 0.25) is 0 Å². The molecule has 0 bridgehead atoms. The molecule has 0 aromatic carbocycles. The van der Waals surface area contributed by atoms with Crippen molar-refractivity contribution in [3.8, 4) is 0 Å². The van der Waals surface area contributed by atoms with Gasteiger partial charge >= 0.3 is 0 Å². The predicted octanol–water partition coefficient (Wildman–Crippen LogP) is -0.588. The number of rotatable bonds is 3. The molecule has 1 aromatic rings. The maximum absolute atomic E-state index is 9.43. The van der Waals surface area contributed by atoms with Gasteiger partial charge in [-0.05, 0) is 12.1 Å². The minimum atomic E-state index is -1.11. The molecular formula is C8H13NO3. The summed E-state index contributed by atoms with van der Waals surface area (Å²) >= 11 is 0. The van der Waals surface area contributed by atoms with Gasteiger partial charge in [-0.3, -0.25) is 0 Å². The molecule has 2 atom stereocenters. The van der Waals surface area contributed by atoms with Gasteiger partial charge in [0.15, 0.2) is 0 Å². The molecule has 0 spiro atoms. The van der Waals surface area contributed by atoms with Crippen molar-refractivity contribution < 1.29 is 15.3 Å². The highest BCUT2D eigenvalue weighted by Gasteiger charge is 2.18. The van der Waals surface area contributed by atoms with Crippen molar-refractivity contribution in [3.05, 3.63) is 24.0 Å². The van der Waals surface area contributed by atoms with E-state index < -0.39 is 18.8 Å². The third kappa shape index (κ3) is 1.66. The van der Waals surface area contributed by atoms with Crippen LogP contribution in [0.5, 0.6) is 0 Å². The van der Waals surface area contributed by atoms with E-state index in [0.717, 1.165) is 0 Å². The Morgan fingerprint density at radius 3 is 2.58 bits per heavy atom. The molecule has 68 valence electrons. The van der Waals surface area contributed by atoms with Crippen LogP contribution in [0.1, 0.15) is 11.8 Å². The Balaban J connectivity index is 2.77. The number of aliphatic hydroxyl groups excluding tert-OH is 3. The molecule has 0 saturated heterocycles. The SMILES string of the molecule is Cn1cccc1C(O)C(O)CO. The Labute approximate surface area is 70.7 Å². The molecule has 4 heteroatoms. The van der Waals surface area contributed by atoms with Gasteiger partial charge in [0.05, 0.1) is 6.61 Å². The van der Waals surface area contributed by atoms with Crippen LogP contribution in [0.4, 0.5) is 0 Å². The Hall–Kier alpha value is -0.840. The van der Waals surface area contributed by atoms with Gasteiger partial charge in [0.25, 0.3) is 0 Å². The summed E-state index contributed by atoms with van der Waals surface area (Å²) in [7, 11) is 1.77. The van der Waals surface area contributed by atoms with Gasteiger partial charge in [-0.2, -0.15) is 0 Å². The molecule has 2 unspecified atom stereocenters. The first-order valence-electron chi connectivity index (χ1n) is 3.75. The molecule has 1 heterocycles. The zero-order chi connectivity index (χ0) is 9.14. The van der Waals surface area contributed by atoms with E-state index in [2.05, 4.69) is 0 Å². The summed E-state index contributed by atoms with van der Waals surface area (Å²) in [6, 6.07) is 3.46. The second-order valence-corrected chi connectivity index (χ2v) is 2.74. The van der Waals surface area contributed by atoms with Gasteiger partial charge in [0, 0.05) is 18.9 Å². The second kappa shape index (κ2) is 3.71. The molecule has 0 aliphatic carbocycles. The summed E-state index contributed by atoms with van der Waals surface area (Å²) in [6.07, 6.45) is -0.364. The zero-order valence-electron chi connectivity index (χ0n) is 6.88. The van der Waals surface area contributed by atoms with Crippen LogP contribution in [-0.4, -0.2) is 32.6 Å². The molecule has 0 amide bonds. The smallest absolute Gasteiger partial charge is 0.122 e. The number of nitrogens with zero attached hydrogens (tertiary/aromatic N) is 1. The molecule has 4 nitrogen and oxygen atoms in total. The molecule has 1 rings (SSSR count). The van der Waals surface area contributed by atoms with E-state index in [1.165, 1.54) is 0 Å². The van der Waals surface area contributed by atoms with Crippen LogP contribution in [0.15, 0.2) is 18.3 Å². The fourth-order valence-electron chi connectivity index (χ4n) is 1.08. The van der Waals surface area contributed by atoms with E-state index in [4.69, 9.17) is 10.2 Å². The van der Waals surface area contributed by atoms with E-state index in [0.29, 0.717) is 5.69 Å². The van der Waals surface area contributed by atoms with Crippen LogP contribution in [0, 0.1) is 0 Å². The Bertz CT molecular complexity index is 246. The molecular weight excluding hydrogens is 158 g/mol. The van der Waals surface area contributed by atoms with Crippen molar-refractivity contribution in [3.63, 3.8) is 0 Å². The Morgan fingerprint density at radius 1 is 1.50 bits per heavy atom. The largest absolute Gasteiger partial charge is 0.394 e. The van der Waals surface area contributed by atoms with E-state index in [1.54, 1.807) is 29.9 Å². The van der Waals surface area contributed by atoms with Crippen LogP contribution < -0.4 is 0 Å². The van der Waals surface area contributed by atoms with E-state index in [9.17, 15) is 5.11 Å². The van der Waals surface area contributed by atoms with E-state index in [-0.39, 0.29) is 0 Å². The molecule has 0 aliphatic heterocycles. The van der Waals surface area contributed by atoms with Gasteiger partial charge in [-0.1, -0.05) is 0 Å². The van der Waals surface area contributed by atoms with Crippen molar-refractivity contribution in [1.82, 2.24) is 4.57 Å². The normalized spacial score (nSPS) is 16.0. The molecule has 0 aliphatic rings. The van der Waals surface area contributed by atoms with Gasteiger partial charge < -0.3 is 19.9 Å². The lowest BCUT2D eigenvalue weighted by molar-refractivity contribution is -0.0185. The number of aromatic nitrogens is 1. The summed E-state index contributed by atoms with van der Waals surface area (Å²) in [5.41, 5.74) is 0.594. The monoisotopic (exact) mass is 171 g/mol. The van der Waals surface area contributed by atoms with E-state index >= 15 is 0 Å². The third-order valence-corrected chi connectivity index (χ3v) is 1.84. The number of aliphatic hydroxyl groups is 3. The van der Waals surface area contributed by atoms with Gasteiger partial charge in [0.1, 0.15) is 12.2 Å². The van der Waals surface area contributed by atoms with Crippen LogP contribution in [0.25, 0.3) is 0 Å². The summed E-state index contributed by atoms with van der Waals surface area (Å²) in [6.45, 7) is -0.438. The fraction of sp³-hybridized carbons (Fsp3) is 0.500. The van der Waals surface area contributed by atoms with Crippen molar-refractivity contribution >= 4 is 0 Å². The van der Waals surface area contributed by atoms with E-state index in [1.807, 2.05) is 0 Å². The van der Waals surface area contributed by atoms with Crippen molar-refractivity contribution in [2.75, 3.05) is 6.61 Å². The van der Waals surface area contributed by atoms with Crippen molar-refractivity contribution in [2.24, 2.45) is 7.05 Å². The lowest BCUT2D eigenvalue weighted by Gasteiger charge is -2.16. The van der Waals surface area contributed by atoms with Gasteiger partial charge in [-0.15, -0.1) is 0 Å². The van der Waals surface area contributed by atoms with Crippen LogP contribution >= 0.6 is 0 Å². The Kier molecular flexibility index (Phi) is 2.86. The van der Waals surface area contributed by atoms with Gasteiger partial charge in [-0.25, -0.2) is 0 Å². The van der Waals surface area contributed by atoms with Crippen molar-refractivity contribution in [2.45, 2.75) is 12.2 Å². The first-order valence-corrected chi connectivity index (χ1v) is 3.75. The molecule has 3 N–H and O–H groups in total. The highest BCUT2D eigenvalue weighted by Crippen LogP contribution is 2.15. The lowest BCUT2D eigenvalue weighted by Crippen LogP contribution is -2.23. The first kappa shape index (κ1) is 9.25. The lowest BCUT2D eigenvalue weighted by atomic mass is 10.1. The molecule has 0 radical (unpaired) electrons. The van der Waals surface area contributed by atoms with Crippen molar-refractivity contribution in [1.29, 1.82) is 0 Å². The van der Waals surface area contributed by atoms with Gasteiger partial charge in [0.2, 0.25) is 0 Å². The third-order valence-electron chi connectivity index (χ3n) is 1.84. The Morgan fingerprint density at radius 2 is 2.17 bits per heavy atom.